The number of hydrogen-bond donors (Lipinski definition) is 3. The normalized spacial score (nSPS) is 9.39. The van der Waals surface area contributed by atoms with Crippen LogP contribution in [-0.4, -0.2) is 22.5 Å². The van der Waals surface area contributed by atoms with E-state index in [1.165, 1.54) is 24.3 Å². The van der Waals surface area contributed by atoms with Crippen LogP contribution < -0.4 is 16.2 Å². The molecule has 18 heavy (non-hydrogen) atoms. The lowest BCUT2D eigenvalue weighted by atomic mass is 10.2. The van der Waals surface area contributed by atoms with E-state index in [1.54, 1.807) is 0 Å². The van der Waals surface area contributed by atoms with Crippen LogP contribution in [0, 0.1) is 10.1 Å². The van der Waals surface area contributed by atoms with Crippen molar-refractivity contribution in [3.05, 3.63) is 39.9 Å². The summed E-state index contributed by atoms with van der Waals surface area (Å²) in [5, 5.41) is 13.6. The maximum Gasteiger partial charge on any atom is 0.270 e. The van der Waals surface area contributed by atoms with Crippen LogP contribution in [0.2, 0.25) is 0 Å². The van der Waals surface area contributed by atoms with Gasteiger partial charge in [-0.2, -0.15) is 0 Å². The molecule has 96 valence electrons. The molecule has 3 N–H and O–H groups in total. The molecule has 0 aromatic heterocycles. The lowest BCUT2D eigenvalue weighted by Crippen LogP contribution is -2.46. The van der Waals surface area contributed by atoms with Crippen LogP contribution in [0.15, 0.2) is 24.3 Å². The molecule has 0 spiro atoms. The van der Waals surface area contributed by atoms with Gasteiger partial charge in [-0.25, -0.2) is 0 Å². The summed E-state index contributed by atoms with van der Waals surface area (Å²) in [7, 11) is 0. The number of benzene rings is 1. The van der Waals surface area contributed by atoms with E-state index in [9.17, 15) is 14.9 Å². The first-order valence-corrected chi connectivity index (χ1v) is 5.54. The van der Waals surface area contributed by atoms with Crippen molar-refractivity contribution < 1.29 is 9.72 Å². The predicted octanol–water partition coefficient (Wildman–Crippen LogP) is 0.724. The number of nitrogens with one attached hydrogen (secondary N) is 3. The van der Waals surface area contributed by atoms with Crippen LogP contribution in [0.25, 0.3) is 0 Å². The topological polar surface area (TPSA) is 96.3 Å². The molecule has 0 aliphatic rings. The smallest absolute Gasteiger partial charge is 0.270 e. The summed E-state index contributed by atoms with van der Waals surface area (Å²) in [4.78, 5) is 21.6. The summed E-state index contributed by atoms with van der Waals surface area (Å²) >= 11 is 4.84. The number of carbonyl (C=O) groups is 1. The highest BCUT2D eigenvalue weighted by Gasteiger charge is 2.11. The van der Waals surface area contributed by atoms with Crippen molar-refractivity contribution in [2.45, 2.75) is 6.92 Å². The highest BCUT2D eigenvalue weighted by Crippen LogP contribution is 2.12. The van der Waals surface area contributed by atoms with E-state index in [-0.39, 0.29) is 16.4 Å². The molecule has 0 heterocycles. The van der Waals surface area contributed by atoms with Gasteiger partial charge in [0.2, 0.25) is 0 Å². The van der Waals surface area contributed by atoms with Gasteiger partial charge in [0.15, 0.2) is 5.11 Å². The number of nitrogens with zero attached hydrogens (tertiary/aromatic N) is 1. The molecule has 0 radical (unpaired) electrons. The summed E-state index contributed by atoms with van der Waals surface area (Å²) in [5.74, 6) is -0.501. The molecule has 0 aliphatic carbocycles. The summed E-state index contributed by atoms with van der Waals surface area (Å²) < 4.78 is 0. The van der Waals surface area contributed by atoms with Gasteiger partial charge >= 0.3 is 0 Å². The van der Waals surface area contributed by atoms with Gasteiger partial charge in [0.25, 0.3) is 11.6 Å². The van der Waals surface area contributed by atoms with E-state index in [0.717, 1.165) is 0 Å². The molecular weight excluding hydrogens is 256 g/mol. The molecular formula is C10H12N4O3S. The van der Waals surface area contributed by atoms with Crippen molar-refractivity contribution in [1.29, 1.82) is 0 Å². The zero-order valence-corrected chi connectivity index (χ0v) is 10.4. The van der Waals surface area contributed by atoms with Crippen molar-refractivity contribution in [3.63, 3.8) is 0 Å². The molecule has 8 heteroatoms. The third-order valence-corrected chi connectivity index (χ3v) is 2.19. The first-order chi connectivity index (χ1) is 8.54. The number of hydrogen-bond acceptors (Lipinski definition) is 4. The van der Waals surface area contributed by atoms with E-state index in [4.69, 9.17) is 12.2 Å². The second-order valence-corrected chi connectivity index (χ2v) is 3.65. The Bertz CT molecular complexity index is 478. The third-order valence-electron chi connectivity index (χ3n) is 1.95. The average Bonchev–Trinajstić information content (AvgIpc) is 2.36. The molecule has 1 rings (SSSR count). The van der Waals surface area contributed by atoms with E-state index in [0.29, 0.717) is 6.54 Å². The standard InChI is InChI=1S/C10H12N4O3S/c1-2-11-10(18)13-12-9(15)7-4-3-5-8(6-7)14(16)17/h3-6H,2H2,1H3,(H,12,15)(H2,11,13,18). The van der Waals surface area contributed by atoms with Crippen LogP contribution >= 0.6 is 12.2 Å². The van der Waals surface area contributed by atoms with Crippen LogP contribution in [-0.2, 0) is 0 Å². The number of rotatable bonds is 3. The van der Waals surface area contributed by atoms with Gasteiger partial charge < -0.3 is 5.32 Å². The monoisotopic (exact) mass is 268 g/mol. The van der Waals surface area contributed by atoms with Gasteiger partial charge in [-0.3, -0.25) is 25.8 Å². The number of hydrazine groups is 1. The van der Waals surface area contributed by atoms with Crippen LogP contribution in [0.4, 0.5) is 5.69 Å². The molecule has 0 fully saturated rings. The molecule has 7 nitrogen and oxygen atoms in total. The van der Waals surface area contributed by atoms with E-state index >= 15 is 0 Å². The molecule has 0 aliphatic heterocycles. The molecule has 0 saturated heterocycles. The highest BCUT2D eigenvalue weighted by molar-refractivity contribution is 7.80. The fraction of sp³-hybridized carbons (Fsp3) is 0.200. The Balaban J connectivity index is 2.64. The number of thiocarbonyl (C=S) groups is 1. The van der Waals surface area contributed by atoms with Gasteiger partial charge in [0, 0.05) is 24.2 Å². The van der Waals surface area contributed by atoms with Gasteiger partial charge in [-0.15, -0.1) is 0 Å². The minimum Gasteiger partial charge on any atom is -0.362 e. The van der Waals surface area contributed by atoms with Crippen molar-refractivity contribution in [2.24, 2.45) is 0 Å². The minimum absolute atomic E-state index is 0.142. The molecule has 1 aromatic carbocycles. The summed E-state index contributed by atoms with van der Waals surface area (Å²) in [6.45, 7) is 2.48. The molecule has 0 bridgehead atoms. The lowest BCUT2D eigenvalue weighted by Gasteiger charge is -2.09. The van der Waals surface area contributed by atoms with E-state index in [1.807, 2.05) is 6.92 Å². The molecule has 1 amide bonds. The average molecular weight is 268 g/mol. The SMILES string of the molecule is CCNC(=S)NNC(=O)c1cccc([N+](=O)[O-])c1. The Hall–Kier alpha value is -2.22. The maximum atomic E-state index is 11.6. The first-order valence-electron chi connectivity index (χ1n) is 5.13. The van der Waals surface area contributed by atoms with Gasteiger partial charge in [-0.05, 0) is 25.2 Å². The van der Waals surface area contributed by atoms with Crippen molar-refractivity contribution in [2.75, 3.05) is 6.54 Å². The second-order valence-electron chi connectivity index (χ2n) is 3.25. The third kappa shape index (κ3) is 3.98. The van der Waals surface area contributed by atoms with Crippen molar-refractivity contribution in [3.8, 4) is 0 Å². The predicted molar refractivity (Wildman–Crippen MR) is 70.0 cm³/mol. The molecule has 0 saturated carbocycles. The van der Waals surface area contributed by atoms with Gasteiger partial charge in [0.1, 0.15) is 0 Å². The first kappa shape index (κ1) is 13.8. The number of nitro benzene ring substituents is 1. The molecule has 0 atom stereocenters. The summed E-state index contributed by atoms with van der Waals surface area (Å²) in [5.41, 5.74) is 4.85. The molecule has 1 aromatic rings. The second kappa shape index (κ2) is 6.50. The van der Waals surface area contributed by atoms with E-state index in [2.05, 4.69) is 16.2 Å². The number of amides is 1. The Morgan fingerprint density at radius 2 is 2.17 bits per heavy atom. The van der Waals surface area contributed by atoms with Crippen molar-refractivity contribution in [1.82, 2.24) is 16.2 Å². The van der Waals surface area contributed by atoms with Crippen LogP contribution in [0.5, 0.6) is 0 Å². The van der Waals surface area contributed by atoms with E-state index < -0.39 is 10.8 Å². The zero-order chi connectivity index (χ0) is 13.5. The zero-order valence-electron chi connectivity index (χ0n) is 9.60. The van der Waals surface area contributed by atoms with Crippen LogP contribution in [0.3, 0.4) is 0 Å². The Morgan fingerprint density at radius 3 is 2.78 bits per heavy atom. The summed E-state index contributed by atoms with van der Waals surface area (Å²) in [6, 6.07) is 5.41. The van der Waals surface area contributed by atoms with Crippen molar-refractivity contribution >= 4 is 28.9 Å². The lowest BCUT2D eigenvalue weighted by molar-refractivity contribution is -0.384. The van der Waals surface area contributed by atoms with Gasteiger partial charge in [-0.1, -0.05) is 6.07 Å². The number of carbonyl (C=O) groups excluding carboxylic acids is 1. The number of nitro groups is 1. The Morgan fingerprint density at radius 1 is 1.44 bits per heavy atom. The minimum atomic E-state index is -0.562. The highest BCUT2D eigenvalue weighted by atomic mass is 32.1. The Labute approximate surface area is 109 Å². The largest absolute Gasteiger partial charge is 0.362 e. The number of non-ortho nitro benzene ring substituents is 1. The quantitative estimate of drug-likeness (QED) is 0.425. The summed E-state index contributed by atoms with van der Waals surface area (Å²) in [6.07, 6.45) is 0. The maximum absolute atomic E-state index is 11.6. The Kier molecular flexibility index (Phi) is 5.00. The van der Waals surface area contributed by atoms with Gasteiger partial charge in [0.05, 0.1) is 4.92 Å². The fourth-order valence-corrected chi connectivity index (χ4v) is 1.35. The van der Waals surface area contributed by atoms with Crippen LogP contribution in [0.1, 0.15) is 17.3 Å². The fourth-order valence-electron chi connectivity index (χ4n) is 1.15. The molecule has 0 unspecified atom stereocenters.